The van der Waals surface area contributed by atoms with E-state index in [2.05, 4.69) is 38.3 Å². The maximum absolute atomic E-state index is 5.98. The Hall–Kier alpha value is -1.26. The number of guanidine groups is 1. The van der Waals surface area contributed by atoms with Gasteiger partial charge in [-0.1, -0.05) is 6.07 Å². The summed E-state index contributed by atoms with van der Waals surface area (Å²) in [6, 6.07) is 8.34. The number of hydrogen-bond acceptors (Lipinski definition) is 5. The number of aliphatic imine (C=N–C) groups is 1. The molecule has 0 radical (unpaired) electrons. The summed E-state index contributed by atoms with van der Waals surface area (Å²) in [5.41, 5.74) is 1.24. The van der Waals surface area contributed by atoms with Crippen molar-refractivity contribution in [2.45, 2.75) is 31.5 Å². The molecular formula is C22H35IN4O3. The summed E-state index contributed by atoms with van der Waals surface area (Å²) < 4.78 is 17.2. The van der Waals surface area contributed by atoms with Crippen LogP contribution in [0.5, 0.6) is 5.75 Å². The summed E-state index contributed by atoms with van der Waals surface area (Å²) in [6.07, 6.45) is 3.82. The van der Waals surface area contributed by atoms with Crippen molar-refractivity contribution in [2.24, 2.45) is 10.9 Å². The second kappa shape index (κ2) is 11.4. The lowest BCUT2D eigenvalue weighted by Gasteiger charge is -2.37. The van der Waals surface area contributed by atoms with E-state index < -0.39 is 0 Å². The number of rotatable bonds is 5. The van der Waals surface area contributed by atoms with Gasteiger partial charge >= 0.3 is 0 Å². The van der Waals surface area contributed by atoms with Gasteiger partial charge in [-0.3, -0.25) is 4.99 Å². The molecule has 0 amide bonds. The summed E-state index contributed by atoms with van der Waals surface area (Å²) in [7, 11) is 3.59. The molecule has 1 aromatic rings. The molecule has 4 rings (SSSR count). The van der Waals surface area contributed by atoms with Crippen molar-refractivity contribution in [3.8, 4) is 5.75 Å². The van der Waals surface area contributed by atoms with Gasteiger partial charge in [0.15, 0.2) is 5.96 Å². The van der Waals surface area contributed by atoms with Crippen molar-refractivity contribution in [3.63, 3.8) is 0 Å². The third-order valence-corrected chi connectivity index (χ3v) is 6.24. The van der Waals surface area contributed by atoms with Crippen molar-refractivity contribution >= 4 is 35.6 Å². The minimum Gasteiger partial charge on any atom is -0.497 e. The second-order valence-electron chi connectivity index (χ2n) is 8.14. The maximum atomic E-state index is 5.98. The average molecular weight is 530 g/mol. The molecule has 3 saturated heterocycles. The first-order valence-corrected chi connectivity index (χ1v) is 10.8. The van der Waals surface area contributed by atoms with Gasteiger partial charge in [-0.2, -0.15) is 0 Å². The molecule has 3 fully saturated rings. The molecule has 0 aromatic heterocycles. The average Bonchev–Trinajstić information content (AvgIpc) is 3.47. The molecule has 3 aliphatic rings. The summed E-state index contributed by atoms with van der Waals surface area (Å²) in [4.78, 5) is 9.31. The van der Waals surface area contributed by atoms with Crippen LogP contribution < -0.4 is 15.0 Å². The van der Waals surface area contributed by atoms with Crippen molar-refractivity contribution in [1.29, 1.82) is 0 Å². The SMILES string of the molecule is CN=C(NCC1CCN(c2cccc(OC)c2)C1)N1CCOC(C2CCCO2)C1.I. The Labute approximate surface area is 197 Å². The van der Waals surface area contributed by atoms with E-state index >= 15 is 0 Å². The molecule has 0 spiro atoms. The highest BCUT2D eigenvalue weighted by atomic mass is 127. The van der Waals surface area contributed by atoms with E-state index in [4.69, 9.17) is 14.2 Å². The summed E-state index contributed by atoms with van der Waals surface area (Å²) in [6.45, 7) is 6.40. The molecule has 1 aromatic carbocycles. The zero-order valence-corrected chi connectivity index (χ0v) is 20.4. The number of nitrogens with zero attached hydrogens (tertiary/aromatic N) is 3. The topological polar surface area (TPSA) is 58.6 Å². The highest BCUT2D eigenvalue weighted by Crippen LogP contribution is 2.27. The van der Waals surface area contributed by atoms with Crippen LogP contribution in [-0.4, -0.2) is 83.2 Å². The van der Waals surface area contributed by atoms with Crippen LogP contribution in [0.2, 0.25) is 0 Å². The zero-order chi connectivity index (χ0) is 20.1. The Morgan fingerprint density at radius 2 is 2.03 bits per heavy atom. The molecule has 7 nitrogen and oxygen atoms in total. The van der Waals surface area contributed by atoms with Crippen LogP contribution in [0.15, 0.2) is 29.3 Å². The van der Waals surface area contributed by atoms with Gasteiger partial charge in [-0.15, -0.1) is 24.0 Å². The second-order valence-corrected chi connectivity index (χ2v) is 8.14. The summed E-state index contributed by atoms with van der Waals surface area (Å²) >= 11 is 0. The van der Waals surface area contributed by atoms with Gasteiger partial charge < -0.3 is 29.3 Å². The van der Waals surface area contributed by atoms with E-state index in [1.165, 1.54) is 12.1 Å². The molecule has 0 saturated carbocycles. The highest BCUT2D eigenvalue weighted by Gasteiger charge is 2.32. The van der Waals surface area contributed by atoms with Gasteiger partial charge in [0.2, 0.25) is 0 Å². The largest absolute Gasteiger partial charge is 0.497 e. The van der Waals surface area contributed by atoms with E-state index in [-0.39, 0.29) is 36.2 Å². The predicted octanol–water partition coefficient (Wildman–Crippen LogP) is 2.59. The van der Waals surface area contributed by atoms with E-state index in [1.54, 1.807) is 7.11 Å². The van der Waals surface area contributed by atoms with Gasteiger partial charge in [0.1, 0.15) is 11.9 Å². The van der Waals surface area contributed by atoms with Gasteiger partial charge in [-0.05, 0) is 37.3 Å². The first-order chi connectivity index (χ1) is 14.3. The fraction of sp³-hybridized carbons (Fsp3) is 0.682. The third-order valence-electron chi connectivity index (χ3n) is 6.24. The smallest absolute Gasteiger partial charge is 0.193 e. The minimum absolute atomic E-state index is 0. The van der Waals surface area contributed by atoms with Crippen LogP contribution in [0.3, 0.4) is 0 Å². The number of methoxy groups -OCH3 is 1. The van der Waals surface area contributed by atoms with E-state index in [0.29, 0.717) is 5.92 Å². The lowest BCUT2D eigenvalue weighted by molar-refractivity contribution is -0.0817. The fourth-order valence-corrected chi connectivity index (χ4v) is 4.60. The Morgan fingerprint density at radius 1 is 1.17 bits per heavy atom. The first-order valence-electron chi connectivity index (χ1n) is 10.8. The first kappa shape index (κ1) is 23.4. The Bertz CT molecular complexity index is 699. The molecular weight excluding hydrogens is 495 g/mol. The maximum Gasteiger partial charge on any atom is 0.193 e. The van der Waals surface area contributed by atoms with Crippen LogP contribution >= 0.6 is 24.0 Å². The molecule has 30 heavy (non-hydrogen) atoms. The molecule has 8 heteroatoms. The number of anilines is 1. The number of morpholine rings is 1. The van der Waals surface area contributed by atoms with Crippen LogP contribution in [0, 0.1) is 5.92 Å². The number of halogens is 1. The van der Waals surface area contributed by atoms with Crippen LogP contribution in [-0.2, 0) is 9.47 Å². The zero-order valence-electron chi connectivity index (χ0n) is 18.1. The van der Waals surface area contributed by atoms with Gasteiger partial charge in [0.05, 0.1) is 19.8 Å². The van der Waals surface area contributed by atoms with Gasteiger partial charge in [0, 0.05) is 58.1 Å². The molecule has 3 heterocycles. The van der Waals surface area contributed by atoms with Crippen LogP contribution in [0.4, 0.5) is 5.69 Å². The van der Waals surface area contributed by atoms with Crippen LogP contribution in [0.1, 0.15) is 19.3 Å². The minimum atomic E-state index is 0. The predicted molar refractivity (Wildman–Crippen MR) is 130 cm³/mol. The highest BCUT2D eigenvalue weighted by molar-refractivity contribution is 14.0. The van der Waals surface area contributed by atoms with Gasteiger partial charge in [-0.25, -0.2) is 0 Å². The van der Waals surface area contributed by atoms with Crippen molar-refractivity contribution < 1.29 is 14.2 Å². The van der Waals surface area contributed by atoms with Crippen molar-refractivity contribution in [2.75, 3.05) is 65.0 Å². The van der Waals surface area contributed by atoms with Crippen LogP contribution in [0.25, 0.3) is 0 Å². The van der Waals surface area contributed by atoms with E-state index in [0.717, 1.165) is 70.5 Å². The third kappa shape index (κ3) is 5.70. The number of hydrogen-bond donors (Lipinski definition) is 1. The molecule has 3 aliphatic heterocycles. The number of benzene rings is 1. The molecule has 3 unspecified atom stereocenters. The van der Waals surface area contributed by atoms with Crippen molar-refractivity contribution in [3.05, 3.63) is 24.3 Å². The lowest BCUT2D eigenvalue weighted by Crippen LogP contribution is -2.53. The summed E-state index contributed by atoms with van der Waals surface area (Å²) in [5, 5.41) is 3.61. The molecule has 0 aliphatic carbocycles. The molecule has 1 N–H and O–H groups in total. The summed E-state index contributed by atoms with van der Waals surface area (Å²) in [5.74, 6) is 2.50. The van der Waals surface area contributed by atoms with E-state index in [1.807, 2.05) is 13.1 Å². The standard InChI is InChI=1S/C22H34N4O3.HI/c1-23-22(26-10-12-29-21(16-26)20-7-4-11-28-20)24-14-17-8-9-25(15-17)18-5-3-6-19(13-18)27-2;/h3,5-6,13,17,20-21H,4,7-12,14-16H2,1-2H3,(H,23,24);1H. The Morgan fingerprint density at radius 3 is 2.80 bits per heavy atom. The lowest BCUT2D eigenvalue weighted by atomic mass is 10.1. The van der Waals surface area contributed by atoms with Crippen molar-refractivity contribution in [1.82, 2.24) is 10.2 Å². The van der Waals surface area contributed by atoms with E-state index in [9.17, 15) is 0 Å². The number of ether oxygens (including phenoxy) is 3. The Balaban J connectivity index is 0.00000256. The molecule has 168 valence electrons. The monoisotopic (exact) mass is 530 g/mol. The number of nitrogens with one attached hydrogen (secondary N) is 1. The molecule has 3 atom stereocenters. The fourth-order valence-electron chi connectivity index (χ4n) is 4.60. The Kier molecular flexibility index (Phi) is 8.88. The normalized spacial score (nSPS) is 27.1. The molecule has 0 bridgehead atoms. The van der Waals surface area contributed by atoms with Gasteiger partial charge in [0.25, 0.3) is 0 Å². The quantitative estimate of drug-likeness (QED) is 0.359.